The number of nitrogens with one attached hydrogen (secondary N) is 1. The Bertz CT molecular complexity index is 1750. The van der Waals surface area contributed by atoms with E-state index in [1.54, 1.807) is 6.92 Å². The molecule has 1 N–H and O–H groups in total. The number of rotatable bonds is 9. The maximum Gasteiger partial charge on any atom is 0.339 e. The van der Waals surface area contributed by atoms with Crippen LogP contribution < -0.4 is 10.1 Å². The molecule has 0 radical (unpaired) electrons. The summed E-state index contributed by atoms with van der Waals surface area (Å²) in [5.74, 6) is -0.190. The average Bonchev–Trinajstić information content (AvgIpc) is 3.49. The van der Waals surface area contributed by atoms with Gasteiger partial charge in [0.15, 0.2) is 11.2 Å². The molecule has 3 aromatic carbocycles. The van der Waals surface area contributed by atoms with Crippen LogP contribution in [0.25, 0.3) is 22.2 Å². The van der Waals surface area contributed by atoms with Crippen molar-refractivity contribution in [3.63, 3.8) is 0 Å². The number of hydrogen-bond donors (Lipinski definition) is 1. The summed E-state index contributed by atoms with van der Waals surface area (Å²) in [7, 11) is 0. The summed E-state index contributed by atoms with van der Waals surface area (Å²) in [5.41, 5.74) is 5.84. The first-order valence-corrected chi connectivity index (χ1v) is 15.2. The van der Waals surface area contributed by atoms with Gasteiger partial charge in [-0.15, -0.1) is 11.3 Å². The number of anilines is 1. The molecule has 6 rings (SSSR count). The molecule has 2 aromatic heterocycles. The second-order valence-electron chi connectivity index (χ2n) is 10.4. The van der Waals surface area contributed by atoms with Crippen molar-refractivity contribution in [2.45, 2.75) is 39.5 Å². The molecule has 1 amide bonds. The van der Waals surface area contributed by atoms with Gasteiger partial charge in [-0.1, -0.05) is 48.5 Å². The number of ether oxygens (including phenoxy) is 2. The number of pyridine rings is 1. The predicted octanol–water partition coefficient (Wildman–Crippen LogP) is 6.50. The Hall–Kier alpha value is -4.60. The van der Waals surface area contributed by atoms with Crippen LogP contribution in [0.5, 0.6) is 5.75 Å². The van der Waals surface area contributed by atoms with Crippen LogP contribution in [0.2, 0.25) is 0 Å². The molecule has 218 valence electrons. The topological polar surface area (TPSA) is 93.6 Å². The summed E-state index contributed by atoms with van der Waals surface area (Å²) in [5, 5.41) is 5.83. The second-order valence-corrected chi connectivity index (χ2v) is 11.3. The molecule has 8 nitrogen and oxygen atoms in total. The minimum absolute atomic E-state index is 0.431. The number of amides is 1. The third kappa shape index (κ3) is 6.43. The first-order valence-electron chi connectivity index (χ1n) is 14.4. The monoisotopic (exact) mass is 592 g/mol. The molecule has 1 aliphatic rings. The number of thiazole rings is 1. The van der Waals surface area contributed by atoms with E-state index in [2.05, 4.69) is 27.3 Å². The lowest BCUT2D eigenvalue weighted by atomic mass is 9.95. The van der Waals surface area contributed by atoms with Crippen molar-refractivity contribution in [1.82, 2.24) is 14.9 Å². The van der Waals surface area contributed by atoms with Gasteiger partial charge in [0.1, 0.15) is 5.75 Å². The lowest BCUT2D eigenvalue weighted by Crippen LogP contribution is -2.34. The lowest BCUT2D eigenvalue weighted by Gasteiger charge is -2.30. The molecular formula is C34H32N4O4S. The normalized spacial score (nSPS) is 13.7. The summed E-state index contributed by atoms with van der Waals surface area (Å²) in [6.45, 7) is 6.29. The Balaban J connectivity index is 1.18. The average molecular weight is 593 g/mol. The Morgan fingerprint density at radius 2 is 1.77 bits per heavy atom. The van der Waals surface area contributed by atoms with E-state index in [1.807, 2.05) is 79.0 Å². The number of fused-ring (bicyclic) bond motifs is 2. The highest BCUT2D eigenvalue weighted by Gasteiger charge is 2.29. The fourth-order valence-electron chi connectivity index (χ4n) is 5.29. The van der Waals surface area contributed by atoms with Crippen LogP contribution in [0.3, 0.4) is 0 Å². The number of nitrogens with zero attached hydrogens (tertiary/aromatic N) is 3. The van der Waals surface area contributed by atoms with Gasteiger partial charge in [-0.2, -0.15) is 0 Å². The fraction of sp³-hybridized carbons (Fsp3) is 0.235. The minimum Gasteiger partial charge on any atom is -0.494 e. The maximum absolute atomic E-state index is 13.8. The van der Waals surface area contributed by atoms with Crippen molar-refractivity contribution in [2.24, 2.45) is 0 Å². The highest BCUT2D eigenvalue weighted by Crippen LogP contribution is 2.30. The zero-order valence-corrected chi connectivity index (χ0v) is 24.9. The van der Waals surface area contributed by atoms with Crippen molar-refractivity contribution in [2.75, 3.05) is 18.5 Å². The van der Waals surface area contributed by atoms with Gasteiger partial charge in [0.25, 0.3) is 5.91 Å². The van der Waals surface area contributed by atoms with Crippen molar-refractivity contribution in [1.29, 1.82) is 0 Å². The molecule has 1 unspecified atom stereocenters. The van der Waals surface area contributed by atoms with Crippen LogP contribution in [0.4, 0.5) is 5.13 Å². The first-order chi connectivity index (χ1) is 21.0. The summed E-state index contributed by atoms with van der Waals surface area (Å²) in [6.07, 6.45) is -0.304. The number of hydrogen-bond acceptors (Lipinski definition) is 8. The maximum atomic E-state index is 13.8. The molecule has 43 heavy (non-hydrogen) atoms. The van der Waals surface area contributed by atoms with E-state index in [0.29, 0.717) is 23.8 Å². The molecule has 1 aliphatic heterocycles. The molecule has 3 heterocycles. The van der Waals surface area contributed by atoms with E-state index < -0.39 is 18.0 Å². The number of carbonyl (C=O) groups is 2. The predicted molar refractivity (Wildman–Crippen MR) is 168 cm³/mol. The van der Waals surface area contributed by atoms with Crippen LogP contribution in [0.1, 0.15) is 41.0 Å². The van der Waals surface area contributed by atoms with Gasteiger partial charge in [0.05, 0.1) is 23.4 Å². The molecule has 0 bridgehead atoms. The Morgan fingerprint density at radius 1 is 1.00 bits per heavy atom. The third-order valence-corrected chi connectivity index (χ3v) is 8.18. The molecule has 1 atom stereocenters. The van der Waals surface area contributed by atoms with Gasteiger partial charge < -0.3 is 9.47 Å². The molecule has 0 saturated heterocycles. The Kier molecular flexibility index (Phi) is 8.44. The Labute approximate surface area is 254 Å². The highest BCUT2D eigenvalue weighted by atomic mass is 32.1. The number of aromatic nitrogens is 2. The van der Waals surface area contributed by atoms with Crippen LogP contribution >= 0.6 is 11.3 Å². The number of carbonyl (C=O) groups excluding carboxylic acids is 2. The molecule has 5 aromatic rings. The lowest BCUT2D eigenvalue weighted by molar-refractivity contribution is -0.123. The summed E-state index contributed by atoms with van der Waals surface area (Å²) in [6, 6.07) is 25.5. The summed E-state index contributed by atoms with van der Waals surface area (Å²) < 4.78 is 11.3. The van der Waals surface area contributed by atoms with Gasteiger partial charge in [-0.05, 0) is 49.7 Å². The standard InChI is InChI=1S/C34H32N4O4S/c1-3-41-25-15-13-24(14-16-25)30-21-43-34(36-30)37-32(39)22(2)42-33(40)31-26-11-7-8-12-28(26)35-29-17-18-38(20-27(29)31)19-23-9-5-4-6-10-23/h4-16,21-22H,3,17-20H2,1-2H3,(H,36,37,39). The van der Waals surface area contributed by atoms with Gasteiger partial charge in [-0.3, -0.25) is 20.0 Å². The Morgan fingerprint density at radius 3 is 2.56 bits per heavy atom. The summed E-state index contributed by atoms with van der Waals surface area (Å²) >= 11 is 1.31. The first kappa shape index (κ1) is 28.5. The SMILES string of the molecule is CCOc1ccc(-c2csc(NC(=O)C(C)OC(=O)c3c4c(nc5ccccc35)CCN(Cc3ccccc3)C4)n2)cc1. The minimum atomic E-state index is -1.03. The smallest absolute Gasteiger partial charge is 0.339 e. The van der Waals surface area contributed by atoms with E-state index in [-0.39, 0.29) is 0 Å². The van der Waals surface area contributed by atoms with Crippen molar-refractivity contribution in [3.05, 3.63) is 107 Å². The molecule has 0 saturated carbocycles. The quantitative estimate of drug-likeness (QED) is 0.195. The van der Waals surface area contributed by atoms with Crippen molar-refractivity contribution < 1.29 is 19.1 Å². The molecule has 0 aliphatic carbocycles. The number of esters is 1. The zero-order valence-electron chi connectivity index (χ0n) is 24.1. The largest absolute Gasteiger partial charge is 0.494 e. The van der Waals surface area contributed by atoms with Gasteiger partial charge >= 0.3 is 5.97 Å². The van der Waals surface area contributed by atoms with E-state index in [9.17, 15) is 9.59 Å². The molecule has 0 fully saturated rings. The fourth-order valence-corrected chi connectivity index (χ4v) is 6.01. The number of para-hydroxylation sites is 1. The van der Waals surface area contributed by atoms with E-state index in [1.165, 1.54) is 16.9 Å². The third-order valence-electron chi connectivity index (χ3n) is 7.43. The van der Waals surface area contributed by atoms with Crippen LogP contribution in [0.15, 0.2) is 84.2 Å². The number of benzene rings is 3. The molecule has 9 heteroatoms. The van der Waals surface area contributed by atoms with E-state index in [0.717, 1.165) is 58.7 Å². The highest BCUT2D eigenvalue weighted by molar-refractivity contribution is 7.14. The second kappa shape index (κ2) is 12.7. The van der Waals surface area contributed by atoms with E-state index in [4.69, 9.17) is 14.5 Å². The van der Waals surface area contributed by atoms with Crippen LogP contribution in [0, 0.1) is 0 Å². The van der Waals surface area contributed by atoms with Crippen LogP contribution in [-0.2, 0) is 29.0 Å². The van der Waals surface area contributed by atoms with Gasteiger partial charge in [0, 0.05) is 53.6 Å². The van der Waals surface area contributed by atoms with Gasteiger partial charge in [-0.25, -0.2) is 9.78 Å². The summed E-state index contributed by atoms with van der Waals surface area (Å²) in [4.78, 5) is 38.6. The molecule has 0 spiro atoms. The van der Waals surface area contributed by atoms with Crippen molar-refractivity contribution >= 4 is 39.2 Å². The molecular weight excluding hydrogens is 560 g/mol. The van der Waals surface area contributed by atoms with Crippen LogP contribution in [-0.4, -0.2) is 46.0 Å². The van der Waals surface area contributed by atoms with E-state index >= 15 is 0 Å². The van der Waals surface area contributed by atoms with Crippen molar-refractivity contribution in [3.8, 4) is 17.0 Å². The zero-order chi connectivity index (χ0) is 29.8. The van der Waals surface area contributed by atoms with Gasteiger partial charge in [0.2, 0.25) is 0 Å².